The first kappa shape index (κ1) is 72.6. The molecule has 2 aliphatic carbocycles. The molecule has 0 fully saturated rings. The number of rotatable bonds is 20. The summed E-state index contributed by atoms with van der Waals surface area (Å²) in [5, 5.41) is 9.78. The van der Waals surface area contributed by atoms with Crippen LogP contribution in [0.5, 0.6) is 23.0 Å². The Bertz CT molecular complexity index is 6640. The van der Waals surface area contributed by atoms with Crippen molar-refractivity contribution in [3.63, 3.8) is 0 Å². The van der Waals surface area contributed by atoms with E-state index in [2.05, 4.69) is 405 Å². The number of aromatic nitrogens is 4. The van der Waals surface area contributed by atoms with Crippen LogP contribution >= 0.6 is 0 Å². The molecule has 0 radical (unpaired) electrons. The maximum atomic E-state index is 5.96. The molecule has 22 rings (SSSR count). The van der Waals surface area contributed by atoms with E-state index < -0.39 is 5.41 Å². The minimum absolute atomic E-state index is 0.777. The number of anilines is 12. The highest BCUT2D eigenvalue weighted by atomic mass is 16.5. The summed E-state index contributed by atoms with van der Waals surface area (Å²) in [7, 11) is 6.96. The van der Waals surface area contributed by atoms with Gasteiger partial charge in [0.1, 0.15) is 23.0 Å². The standard InChI is InChI=1S/C109H88N8O4/c1-9-110-101-25-17-13-21-89(101)93-57-41-77(65-105(93)110)114(69-29-45-81(118-5)46-30-69)73-37-53-85-86-54-38-74(115(70-31-47-82(119-6)48-32-70)78-42-58-94-90-22-14-18-26-102(90)111(10-2)106(94)66-78)62-98(86)109(97(85)61-73)99-63-75(116(71-33-49-83(120-7)50-34-71)79-43-59-95-91-23-15-19-27-103(91)112(11-3)107(95)67-79)39-55-87(99)88-56-40-76(64-100(88)109)117(72-35-51-84(121-8)52-36-72)80-44-60-96-92-24-16-20-28-104(92)113(12-4)108(96)68-80/h13-68H,9-12H2,1-8H3. The minimum atomic E-state index is -1.07. The molecule has 16 aromatic carbocycles. The maximum Gasteiger partial charge on any atom is 0.119 e. The Labute approximate surface area is 702 Å². The van der Waals surface area contributed by atoms with Crippen molar-refractivity contribution in [1.29, 1.82) is 0 Å². The Morgan fingerprint density at radius 1 is 0.198 bits per heavy atom. The molecule has 1 spiro atoms. The Morgan fingerprint density at radius 2 is 0.380 bits per heavy atom. The van der Waals surface area contributed by atoms with Gasteiger partial charge in [-0.2, -0.15) is 0 Å². The van der Waals surface area contributed by atoms with Gasteiger partial charge in [-0.3, -0.25) is 0 Å². The van der Waals surface area contributed by atoms with Crippen LogP contribution in [0.15, 0.2) is 340 Å². The van der Waals surface area contributed by atoms with E-state index in [9.17, 15) is 0 Å². The maximum absolute atomic E-state index is 5.96. The van der Waals surface area contributed by atoms with Gasteiger partial charge in [0.25, 0.3) is 0 Å². The van der Waals surface area contributed by atoms with Crippen LogP contribution in [0.1, 0.15) is 49.9 Å². The van der Waals surface area contributed by atoms with Crippen LogP contribution in [0.4, 0.5) is 68.2 Å². The van der Waals surface area contributed by atoms with Crippen molar-refractivity contribution in [3.05, 3.63) is 362 Å². The van der Waals surface area contributed by atoms with Crippen LogP contribution in [0.3, 0.4) is 0 Å². The number of benzene rings is 16. The average Bonchev–Trinajstić information content (AvgIpc) is 1.50. The van der Waals surface area contributed by atoms with Gasteiger partial charge in [0.15, 0.2) is 0 Å². The highest BCUT2D eigenvalue weighted by molar-refractivity contribution is 6.14. The zero-order chi connectivity index (χ0) is 81.5. The number of hydrogen-bond donors (Lipinski definition) is 0. The molecule has 588 valence electrons. The zero-order valence-corrected chi connectivity index (χ0v) is 68.9. The zero-order valence-electron chi connectivity index (χ0n) is 68.9. The number of nitrogens with zero attached hydrogens (tertiary/aromatic N) is 8. The van der Waals surface area contributed by atoms with Crippen molar-refractivity contribution < 1.29 is 18.9 Å². The average molecular weight is 1570 g/mol. The summed E-state index contributed by atoms with van der Waals surface area (Å²) in [6.07, 6.45) is 0. The lowest BCUT2D eigenvalue weighted by Gasteiger charge is -2.35. The molecule has 0 aliphatic heterocycles. The van der Waals surface area contributed by atoms with Gasteiger partial charge in [0.2, 0.25) is 0 Å². The summed E-state index contributed by atoms with van der Waals surface area (Å²) in [4.78, 5) is 9.81. The normalized spacial score (nSPS) is 12.5. The number of ether oxygens (including phenoxy) is 4. The first-order valence-electron chi connectivity index (χ1n) is 42.0. The third-order valence-corrected chi connectivity index (χ3v) is 25.9. The molecular weight excluding hydrogens is 1490 g/mol. The molecule has 12 nitrogen and oxygen atoms in total. The van der Waals surface area contributed by atoms with Crippen molar-refractivity contribution in [3.8, 4) is 45.3 Å². The first-order chi connectivity index (χ1) is 59.6. The molecule has 4 heterocycles. The van der Waals surface area contributed by atoms with Gasteiger partial charge in [-0.15, -0.1) is 0 Å². The topological polar surface area (TPSA) is 69.6 Å². The second kappa shape index (κ2) is 28.7. The molecule has 2 aliphatic rings. The Hall–Kier alpha value is -14.9. The van der Waals surface area contributed by atoms with Crippen molar-refractivity contribution in [1.82, 2.24) is 18.3 Å². The molecule has 4 aromatic heterocycles. The van der Waals surface area contributed by atoms with E-state index in [-0.39, 0.29) is 0 Å². The fourth-order valence-electron chi connectivity index (χ4n) is 20.5. The predicted octanol–water partition coefficient (Wildman–Crippen LogP) is 28.5. The molecule has 0 saturated heterocycles. The van der Waals surface area contributed by atoms with Crippen molar-refractivity contribution in [2.45, 2.75) is 59.3 Å². The second-order valence-corrected chi connectivity index (χ2v) is 31.7. The van der Waals surface area contributed by atoms with Crippen LogP contribution in [-0.2, 0) is 31.6 Å². The van der Waals surface area contributed by atoms with Crippen LogP contribution in [0.2, 0.25) is 0 Å². The Balaban J connectivity index is 0.856. The van der Waals surface area contributed by atoms with E-state index in [0.29, 0.717) is 0 Å². The van der Waals surface area contributed by atoms with Gasteiger partial charge in [-0.25, -0.2) is 0 Å². The molecular formula is C109H88N8O4. The lowest BCUT2D eigenvalue weighted by molar-refractivity contribution is 0.414. The van der Waals surface area contributed by atoms with E-state index >= 15 is 0 Å². The summed E-state index contributed by atoms with van der Waals surface area (Å²) < 4.78 is 33.7. The highest BCUT2D eigenvalue weighted by Gasteiger charge is 2.53. The lowest BCUT2D eigenvalue weighted by atomic mass is 9.70. The first-order valence-corrected chi connectivity index (χ1v) is 42.0. The third kappa shape index (κ3) is 11.1. The Morgan fingerprint density at radius 3 is 0.587 bits per heavy atom. The number of hydrogen-bond acceptors (Lipinski definition) is 8. The van der Waals surface area contributed by atoms with Crippen LogP contribution in [0.25, 0.3) is 109 Å². The van der Waals surface area contributed by atoms with Gasteiger partial charge in [0.05, 0.1) is 55.9 Å². The highest BCUT2D eigenvalue weighted by Crippen LogP contribution is 2.66. The number of methoxy groups -OCH3 is 4. The smallest absolute Gasteiger partial charge is 0.119 e. The molecule has 0 atom stereocenters. The fraction of sp³-hybridized carbons (Fsp3) is 0.119. The van der Waals surface area contributed by atoms with E-state index in [0.717, 1.165) is 162 Å². The van der Waals surface area contributed by atoms with Crippen LogP contribution < -0.4 is 38.5 Å². The summed E-state index contributed by atoms with van der Waals surface area (Å²) in [5.41, 5.74) is 29.6. The Kier molecular flexibility index (Phi) is 17.2. The number of fused-ring (bicyclic) bond motifs is 22. The van der Waals surface area contributed by atoms with E-state index in [4.69, 9.17) is 18.9 Å². The third-order valence-electron chi connectivity index (χ3n) is 25.9. The largest absolute Gasteiger partial charge is 0.497 e. The molecule has 0 N–H and O–H groups in total. The van der Waals surface area contributed by atoms with E-state index in [1.165, 1.54) is 87.2 Å². The quantitative estimate of drug-likeness (QED) is 0.0748. The lowest BCUT2D eigenvalue weighted by Crippen LogP contribution is -2.27. The molecule has 0 amide bonds. The summed E-state index contributed by atoms with van der Waals surface area (Å²) in [5.74, 6) is 3.11. The van der Waals surface area contributed by atoms with E-state index in [1.807, 2.05) is 0 Å². The minimum Gasteiger partial charge on any atom is -0.497 e. The number of aryl methyl sites for hydroxylation is 4. The van der Waals surface area contributed by atoms with Gasteiger partial charge in [0, 0.05) is 160 Å². The van der Waals surface area contributed by atoms with Gasteiger partial charge >= 0.3 is 0 Å². The second-order valence-electron chi connectivity index (χ2n) is 31.7. The van der Waals surface area contributed by atoms with Gasteiger partial charge in [-0.1, -0.05) is 121 Å². The van der Waals surface area contributed by atoms with Gasteiger partial charge in [-0.05, 0) is 291 Å². The monoisotopic (exact) mass is 1570 g/mol. The van der Waals surface area contributed by atoms with Crippen molar-refractivity contribution >= 4 is 155 Å². The molecule has 0 saturated carbocycles. The summed E-state index contributed by atoms with van der Waals surface area (Å²) in [6.45, 7) is 12.2. The van der Waals surface area contributed by atoms with Crippen molar-refractivity contribution in [2.75, 3.05) is 48.0 Å². The van der Waals surface area contributed by atoms with Gasteiger partial charge < -0.3 is 56.8 Å². The van der Waals surface area contributed by atoms with E-state index in [1.54, 1.807) is 28.4 Å². The summed E-state index contributed by atoms with van der Waals surface area (Å²) >= 11 is 0. The molecule has 0 bridgehead atoms. The fourth-order valence-corrected chi connectivity index (χ4v) is 20.5. The number of para-hydroxylation sites is 4. The molecule has 121 heavy (non-hydrogen) atoms. The van der Waals surface area contributed by atoms with Crippen LogP contribution in [-0.4, -0.2) is 46.7 Å². The SMILES string of the molecule is CCn1c2ccccc2c2ccc(N(c3ccc(OC)cc3)c3ccc4c(c3)C3(c5cc(N(c6ccc(OC)cc6)c6ccc7c8ccccc8n(CC)c7c6)ccc5-4)c4cc(N(c5ccc(OC)cc5)c5ccc6c7ccccc7n(CC)c6c5)ccc4-c4ccc(N(c5ccc(OC)cc5)c5ccc6c7ccccc7n(CC)c6c5)cc43)cc21. The van der Waals surface area contributed by atoms with Crippen molar-refractivity contribution in [2.24, 2.45) is 0 Å². The summed E-state index contributed by atoms with van der Waals surface area (Å²) in [6, 6.07) is 127. The molecule has 20 aromatic rings. The molecule has 0 unspecified atom stereocenters. The molecule has 12 heteroatoms. The predicted molar refractivity (Wildman–Crippen MR) is 502 cm³/mol. The van der Waals surface area contributed by atoms with Crippen LogP contribution in [0, 0.1) is 0 Å².